The Labute approximate surface area is 123 Å². The van der Waals surface area contributed by atoms with Gasteiger partial charge in [-0.15, -0.1) is 0 Å². The number of hydrogen-bond donors (Lipinski definition) is 0. The lowest BCUT2D eigenvalue weighted by Gasteiger charge is -2.20. The third kappa shape index (κ3) is 5.93. The van der Waals surface area contributed by atoms with Crippen molar-refractivity contribution in [2.75, 3.05) is 19.8 Å². The molecule has 0 aliphatic rings. The fourth-order valence-corrected chi connectivity index (χ4v) is 2.05. The van der Waals surface area contributed by atoms with Crippen molar-refractivity contribution in [3.8, 4) is 5.75 Å². The van der Waals surface area contributed by atoms with E-state index in [1.54, 1.807) is 0 Å². The third-order valence-corrected chi connectivity index (χ3v) is 3.06. The van der Waals surface area contributed by atoms with Gasteiger partial charge in [-0.3, -0.25) is 0 Å². The monoisotopic (exact) mass is 280 g/mol. The van der Waals surface area contributed by atoms with Crippen LogP contribution in [0.3, 0.4) is 0 Å². The zero-order chi connectivity index (χ0) is 14.6. The molecule has 3 nitrogen and oxygen atoms in total. The molecule has 0 unspecified atom stereocenters. The predicted octanol–water partition coefficient (Wildman–Crippen LogP) is 4.72. The van der Waals surface area contributed by atoms with Gasteiger partial charge in [0.2, 0.25) is 0 Å². The second-order valence-corrected chi connectivity index (χ2v) is 4.69. The highest BCUT2D eigenvalue weighted by Gasteiger charge is 2.16. The first-order valence-electron chi connectivity index (χ1n) is 7.78. The Balaban J connectivity index is 2.61. The molecule has 0 aliphatic heterocycles. The summed E-state index contributed by atoms with van der Waals surface area (Å²) in [5.74, 6) is 0.871. The van der Waals surface area contributed by atoms with Crippen LogP contribution in [0.1, 0.15) is 58.3 Å². The second kappa shape index (κ2) is 10.7. The summed E-state index contributed by atoms with van der Waals surface area (Å²) in [4.78, 5) is 0. The van der Waals surface area contributed by atoms with Crippen molar-refractivity contribution in [2.24, 2.45) is 0 Å². The molecule has 0 spiro atoms. The summed E-state index contributed by atoms with van der Waals surface area (Å²) in [5, 5.41) is 0. The summed E-state index contributed by atoms with van der Waals surface area (Å²) in [7, 11) is 0. The molecule has 114 valence electrons. The first-order valence-corrected chi connectivity index (χ1v) is 7.78. The third-order valence-electron chi connectivity index (χ3n) is 3.06. The van der Waals surface area contributed by atoms with Crippen molar-refractivity contribution in [3.05, 3.63) is 29.8 Å². The maximum atomic E-state index is 5.90. The van der Waals surface area contributed by atoms with Crippen LogP contribution in [0, 0.1) is 0 Å². The average molecular weight is 280 g/mol. The molecule has 0 heterocycles. The van der Waals surface area contributed by atoms with E-state index in [0.717, 1.165) is 24.3 Å². The summed E-state index contributed by atoms with van der Waals surface area (Å²) < 4.78 is 17.2. The molecular weight excluding hydrogens is 252 g/mol. The minimum atomic E-state index is -0.336. The van der Waals surface area contributed by atoms with Gasteiger partial charge in [0.1, 0.15) is 5.75 Å². The Morgan fingerprint density at radius 1 is 0.900 bits per heavy atom. The molecule has 1 aromatic carbocycles. The van der Waals surface area contributed by atoms with Gasteiger partial charge in [0.25, 0.3) is 0 Å². The van der Waals surface area contributed by atoms with E-state index >= 15 is 0 Å². The van der Waals surface area contributed by atoms with Gasteiger partial charge in [-0.05, 0) is 26.3 Å². The zero-order valence-electron chi connectivity index (χ0n) is 13.1. The summed E-state index contributed by atoms with van der Waals surface area (Å²) in [6, 6.07) is 7.97. The Hall–Kier alpha value is -1.06. The number of ether oxygens (including phenoxy) is 3. The smallest absolute Gasteiger partial charge is 0.187 e. The summed E-state index contributed by atoms with van der Waals surface area (Å²) in [6.45, 7) is 8.15. The predicted molar refractivity (Wildman–Crippen MR) is 82.1 cm³/mol. The highest BCUT2D eigenvalue weighted by Crippen LogP contribution is 2.28. The Morgan fingerprint density at radius 2 is 1.60 bits per heavy atom. The summed E-state index contributed by atoms with van der Waals surface area (Å²) >= 11 is 0. The lowest BCUT2D eigenvalue weighted by Crippen LogP contribution is -2.11. The molecule has 0 bridgehead atoms. The van der Waals surface area contributed by atoms with Crippen molar-refractivity contribution >= 4 is 0 Å². The topological polar surface area (TPSA) is 27.7 Å². The second-order valence-electron chi connectivity index (χ2n) is 4.69. The van der Waals surface area contributed by atoms with Gasteiger partial charge < -0.3 is 14.2 Å². The first kappa shape index (κ1) is 17.0. The van der Waals surface area contributed by atoms with E-state index in [-0.39, 0.29) is 6.29 Å². The normalized spacial score (nSPS) is 11.0. The van der Waals surface area contributed by atoms with Crippen LogP contribution in [0.5, 0.6) is 5.75 Å². The standard InChI is InChI=1S/C17H28O3/c1-4-7-8-11-14-20-16-13-10-9-12-15(16)17(18-5-2)19-6-3/h9-10,12-13,17H,4-8,11,14H2,1-3H3. The van der Waals surface area contributed by atoms with Crippen molar-refractivity contribution in [1.82, 2.24) is 0 Å². The van der Waals surface area contributed by atoms with Gasteiger partial charge in [-0.25, -0.2) is 0 Å². The largest absolute Gasteiger partial charge is 0.493 e. The minimum Gasteiger partial charge on any atom is -0.493 e. The highest BCUT2D eigenvalue weighted by molar-refractivity contribution is 5.34. The van der Waals surface area contributed by atoms with Crippen LogP contribution in [0.4, 0.5) is 0 Å². The maximum absolute atomic E-state index is 5.90. The van der Waals surface area contributed by atoms with E-state index in [2.05, 4.69) is 6.92 Å². The van der Waals surface area contributed by atoms with Gasteiger partial charge in [0, 0.05) is 18.8 Å². The van der Waals surface area contributed by atoms with Crippen molar-refractivity contribution in [2.45, 2.75) is 52.7 Å². The number of para-hydroxylation sites is 1. The fraction of sp³-hybridized carbons (Fsp3) is 0.647. The zero-order valence-corrected chi connectivity index (χ0v) is 13.1. The molecule has 0 N–H and O–H groups in total. The molecular formula is C17H28O3. The van der Waals surface area contributed by atoms with E-state index in [9.17, 15) is 0 Å². The summed E-state index contributed by atoms with van der Waals surface area (Å²) in [5.41, 5.74) is 0.978. The Bertz CT molecular complexity index is 346. The molecule has 0 saturated carbocycles. The van der Waals surface area contributed by atoms with E-state index in [1.807, 2.05) is 38.1 Å². The van der Waals surface area contributed by atoms with Crippen LogP contribution >= 0.6 is 0 Å². The molecule has 0 atom stereocenters. The van der Waals surface area contributed by atoms with Crippen LogP contribution in [0.25, 0.3) is 0 Å². The Kier molecular flexibility index (Phi) is 9.09. The van der Waals surface area contributed by atoms with Crippen molar-refractivity contribution in [3.63, 3.8) is 0 Å². The molecule has 0 amide bonds. The van der Waals surface area contributed by atoms with Crippen LogP contribution in [-0.2, 0) is 9.47 Å². The maximum Gasteiger partial charge on any atom is 0.187 e. The molecule has 0 aromatic heterocycles. The van der Waals surface area contributed by atoms with Crippen LogP contribution in [0.2, 0.25) is 0 Å². The lowest BCUT2D eigenvalue weighted by atomic mass is 10.2. The van der Waals surface area contributed by atoms with E-state index in [1.165, 1.54) is 19.3 Å². The SMILES string of the molecule is CCCCCCOc1ccccc1C(OCC)OCC. The molecule has 0 radical (unpaired) electrons. The van der Waals surface area contributed by atoms with Gasteiger partial charge in [-0.2, -0.15) is 0 Å². The molecule has 1 rings (SSSR count). The molecule has 0 fully saturated rings. The quantitative estimate of drug-likeness (QED) is 0.434. The molecule has 20 heavy (non-hydrogen) atoms. The fourth-order valence-electron chi connectivity index (χ4n) is 2.05. The minimum absolute atomic E-state index is 0.336. The van der Waals surface area contributed by atoms with Crippen LogP contribution in [0.15, 0.2) is 24.3 Å². The number of hydrogen-bond acceptors (Lipinski definition) is 3. The van der Waals surface area contributed by atoms with Gasteiger partial charge in [-0.1, -0.05) is 44.4 Å². The van der Waals surface area contributed by atoms with Crippen molar-refractivity contribution in [1.29, 1.82) is 0 Å². The number of benzene rings is 1. The van der Waals surface area contributed by atoms with E-state index in [0.29, 0.717) is 13.2 Å². The lowest BCUT2D eigenvalue weighted by molar-refractivity contribution is -0.141. The molecule has 0 saturated heterocycles. The highest BCUT2D eigenvalue weighted by atomic mass is 16.7. The Morgan fingerprint density at radius 3 is 2.25 bits per heavy atom. The van der Waals surface area contributed by atoms with E-state index in [4.69, 9.17) is 14.2 Å². The molecule has 3 heteroatoms. The van der Waals surface area contributed by atoms with Gasteiger partial charge in [0.05, 0.1) is 6.61 Å². The van der Waals surface area contributed by atoms with Gasteiger partial charge in [0.15, 0.2) is 6.29 Å². The van der Waals surface area contributed by atoms with Crippen LogP contribution in [-0.4, -0.2) is 19.8 Å². The van der Waals surface area contributed by atoms with Crippen molar-refractivity contribution < 1.29 is 14.2 Å². The van der Waals surface area contributed by atoms with E-state index < -0.39 is 0 Å². The first-order chi connectivity index (χ1) is 9.83. The van der Waals surface area contributed by atoms with Gasteiger partial charge >= 0.3 is 0 Å². The molecule has 0 aliphatic carbocycles. The average Bonchev–Trinajstić information content (AvgIpc) is 2.47. The number of rotatable bonds is 11. The molecule has 1 aromatic rings. The number of unbranched alkanes of at least 4 members (excludes halogenated alkanes) is 3. The van der Waals surface area contributed by atoms with Crippen LogP contribution < -0.4 is 4.74 Å². The summed E-state index contributed by atoms with van der Waals surface area (Å²) in [6.07, 6.45) is 4.49.